The molecule has 35 heavy (non-hydrogen) atoms. The first-order valence-electron chi connectivity index (χ1n) is 11.7. The molecule has 8 heteroatoms. The number of hydrogen-bond donors (Lipinski definition) is 1. The Labute approximate surface area is 211 Å². The molecule has 0 atom stereocenters. The van der Waals surface area contributed by atoms with Crippen molar-refractivity contribution in [1.29, 1.82) is 0 Å². The fourth-order valence-electron chi connectivity index (χ4n) is 4.03. The van der Waals surface area contributed by atoms with E-state index >= 15 is 0 Å². The average Bonchev–Trinajstić information content (AvgIpc) is 3.44. The molecule has 1 aliphatic rings. The molecule has 6 nitrogen and oxygen atoms in total. The van der Waals surface area contributed by atoms with E-state index in [1.54, 1.807) is 37.1 Å². The van der Waals surface area contributed by atoms with E-state index in [0.717, 1.165) is 24.3 Å². The van der Waals surface area contributed by atoms with Gasteiger partial charge in [-0.05, 0) is 72.9 Å². The molecule has 0 spiro atoms. The number of nitrogens with zero attached hydrogens (tertiary/aromatic N) is 1. The Morgan fingerprint density at radius 3 is 2.40 bits per heavy atom. The number of amides is 1. The van der Waals surface area contributed by atoms with Gasteiger partial charge in [-0.2, -0.15) is 4.31 Å². The number of hydrogen-bond acceptors (Lipinski definition) is 5. The van der Waals surface area contributed by atoms with Gasteiger partial charge in [0.15, 0.2) is 0 Å². The van der Waals surface area contributed by atoms with Crippen molar-refractivity contribution in [3.8, 4) is 5.75 Å². The molecule has 3 aromatic rings. The standard InChI is InChI=1S/C27H30N2O4S2/c1-33-26-15-14-25(35(31,32)29-17-5-6-18-29)19-22(26)11-16-27(30)28-23-12-9-21(10-13-23)20-34-24-7-3-2-4-8-24/h2-4,7-10,12-15,19H,5-6,11,16-18,20H2,1H3,(H,28,30). The predicted octanol–water partition coefficient (Wildman–Crippen LogP) is 5.34. The first-order chi connectivity index (χ1) is 17.0. The first kappa shape index (κ1) is 25.3. The molecule has 1 saturated heterocycles. The molecule has 1 N–H and O–H groups in total. The number of anilines is 1. The van der Waals surface area contributed by atoms with Crippen molar-refractivity contribution in [2.24, 2.45) is 0 Å². The number of carbonyl (C=O) groups is 1. The summed E-state index contributed by atoms with van der Waals surface area (Å²) in [5.41, 5.74) is 2.62. The summed E-state index contributed by atoms with van der Waals surface area (Å²) in [7, 11) is -1.98. The van der Waals surface area contributed by atoms with Crippen LogP contribution in [0.15, 0.2) is 82.6 Å². The van der Waals surface area contributed by atoms with Crippen LogP contribution in [0.1, 0.15) is 30.4 Å². The number of carbonyl (C=O) groups excluding carboxylic acids is 1. The normalized spacial score (nSPS) is 14.1. The summed E-state index contributed by atoms with van der Waals surface area (Å²) in [5.74, 6) is 1.30. The summed E-state index contributed by atoms with van der Waals surface area (Å²) >= 11 is 1.77. The van der Waals surface area contributed by atoms with Crippen molar-refractivity contribution in [2.75, 3.05) is 25.5 Å². The molecule has 0 saturated carbocycles. The summed E-state index contributed by atoms with van der Waals surface area (Å²) < 4.78 is 32.8. The lowest BCUT2D eigenvalue weighted by Crippen LogP contribution is -2.28. The van der Waals surface area contributed by atoms with Crippen LogP contribution < -0.4 is 10.1 Å². The maximum atomic E-state index is 12.9. The van der Waals surface area contributed by atoms with Crippen LogP contribution >= 0.6 is 11.8 Å². The molecular formula is C27H30N2O4S2. The Bertz CT molecular complexity index is 1240. The van der Waals surface area contributed by atoms with Gasteiger partial charge in [-0.15, -0.1) is 11.8 Å². The average molecular weight is 511 g/mol. The summed E-state index contributed by atoms with van der Waals surface area (Å²) in [6.07, 6.45) is 2.36. The zero-order chi connectivity index (χ0) is 24.7. The molecule has 1 aliphatic heterocycles. The van der Waals surface area contributed by atoms with Crippen LogP contribution in [-0.4, -0.2) is 38.8 Å². The number of aryl methyl sites for hydroxylation is 1. The Balaban J connectivity index is 1.34. The molecule has 0 aliphatic carbocycles. The number of nitrogens with one attached hydrogen (secondary N) is 1. The number of sulfonamides is 1. The second kappa shape index (κ2) is 11.7. The molecule has 0 aromatic heterocycles. The van der Waals surface area contributed by atoms with Crippen molar-refractivity contribution in [1.82, 2.24) is 4.31 Å². The van der Waals surface area contributed by atoms with Crippen molar-refractivity contribution in [2.45, 2.75) is 41.2 Å². The largest absolute Gasteiger partial charge is 0.496 e. The van der Waals surface area contributed by atoms with Crippen molar-refractivity contribution >= 4 is 33.4 Å². The Morgan fingerprint density at radius 1 is 1.00 bits per heavy atom. The first-order valence-corrected chi connectivity index (χ1v) is 14.1. The fourth-order valence-corrected chi connectivity index (χ4v) is 6.47. The second-order valence-corrected chi connectivity index (χ2v) is 11.4. The molecule has 3 aromatic carbocycles. The number of thioether (sulfide) groups is 1. The summed E-state index contributed by atoms with van der Waals surface area (Å²) in [5, 5.41) is 2.93. The number of ether oxygens (including phenoxy) is 1. The highest BCUT2D eigenvalue weighted by molar-refractivity contribution is 7.98. The van der Waals surface area contributed by atoms with Gasteiger partial charge in [0.1, 0.15) is 5.75 Å². The summed E-state index contributed by atoms with van der Waals surface area (Å²) in [6.45, 7) is 1.10. The van der Waals surface area contributed by atoms with E-state index in [-0.39, 0.29) is 17.2 Å². The van der Waals surface area contributed by atoms with E-state index in [1.165, 1.54) is 14.8 Å². The fraction of sp³-hybridized carbons (Fsp3) is 0.296. The Kier molecular flexibility index (Phi) is 8.49. The maximum Gasteiger partial charge on any atom is 0.243 e. The van der Waals surface area contributed by atoms with E-state index in [4.69, 9.17) is 4.74 Å². The van der Waals surface area contributed by atoms with Crippen LogP contribution in [0.5, 0.6) is 5.75 Å². The van der Waals surface area contributed by atoms with Crippen molar-refractivity contribution in [3.63, 3.8) is 0 Å². The quantitative estimate of drug-likeness (QED) is 0.373. The smallest absolute Gasteiger partial charge is 0.243 e. The molecule has 1 fully saturated rings. The van der Waals surface area contributed by atoms with Gasteiger partial charge in [0, 0.05) is 35.8 Å². The van der Waals surface area contributed by atoms with Gasteiger partial charge in [-0.1, -0.05) is 30.3 Å². The lowest BCUT2D eigenvalue weighted by atomic mass is 10.1. The van der Waals surface area contributed by atoms with Gasteiger partial charge in [-0.25, -0.2) is 8.42 Å². The molecule has 0 radical (unpaired) electrons. The highest BCUT2D eigenvalue weighted by atomic mass is 32.2. The van der Waals surface area contributed by atoms with E-state index in [9.17, 15) is 13.2 Å². The van der Waals surface area contributed by atoms with Gasteiger partial charge in [0.25, 0.3) is 0 Å². The van der Waals surface area contributed by atoms with Crippen LogP contribution in [0.2, 0.25) is 0 Å². The number of benzene rings is 3. The van der Waals surface area contributed by atoms with Crippen LogP contribution in [0.3, 0.4) is 0 Å². The minimum Gasteiger partial charge on any atom is -0.496 e. The highest BCUT2D eigenvalue weighted by Crippen LogP contribution is 2.28. The molecule has 1 heterocycles. The van der Waals surface area contributed by atoms with Gasteiger partial charge >= 0.3 is 0 Å². The van der Waals surface area contributed by atoms with Gasteiger partial charge in [-0.3, -0.25) is 4.79 Å². The SMILES string of the molecule is COc1ccc(S(=O)(=O)N2CCCC2)cc1CCC(=O)Nc1ccc(CSc2ccccc2)cc1. The van der Waals surface area contributed by atoms with Crippen LogP contribution in [0.4, 0.5) is 5.69 Å². The zero-order valence-corrected chi connectivity index (χ0v) is 21.4. The lowest BCUT2D eigenvalue weighted by molar-refractivity contribution is -0.116. The number of rotatable bonds is 10. The minimum atomic E-state index is -3.52. The van der Waals surface area contributed by atoms with Crippen LogP contribution in [0.25, 0.3) is 0 Å². The Hall–Kier alpha value is -2.81. The highest BCUT2D eigenvalue weighted by Gasteiger charge is 2.27. The number of methoxy groups -OCH3 is 1. The third-order valence-electron chi connectivity index (χ3n) is 5.96. The molecular weight excluding hydrogens is 480 g/mol. The molecule has 0 bridgehead atoms. The predicted molar refractivity (Wildman–Crippen MR) is 140 cm³/mol. The van der Waals surface area contributed by atoms with E-state index in [2.05, 4.69) is 17.4 Å². The Morgan fingerprint density at radius 2 is 1.71 bits per heavy atom. The van der Waals surface area contributed by atoms with Gasteiger partial charge < -0.3 is 10.1 Å². The third-order valence-corrected chi connectivity index (χ3v) is 8.94. The second-order valence-electron chi connectivity index (χ2n) is 8.43. The minimum absolute atomic E-state index is 0.133. The van der Waals surface area contributed by atoms with E-state index < -0.39 is 10.0 Å². The molecule has 184 valence electrons. The topological polar surface area (TPSA) is 75.7 Å². The molecule has 4 rings (SSSR count). The molecule has 1 amide bonds. The monoisotopic (exact) mass is 510 g/mol. The van der Waals surface area contributed by atoms with Gasteiger partial charge in [0.2, 0.25) is 15.9 Å². The summed E-state index contributed by atoms with van der Waals surface area (Å²) in [4.78, 5) is 14.1. The van der Waals surface area contributed by atoms with Crippen LogP contribution in [0, 0.1) is 0 Å². The maximum absolute atomic E-state index is 12.9. The van der Waals surface area contributed by atoms with Crippen molar-refractivity contribution < 1.29 is 17.9 Å². The van der Waals surface area contributed by atoms with Crippen LogP contribution in [-0.2, 0) is 27.0 Å². The van der Waals surface area contributed by atoms with E-state index in [1.807, 2.05) is 42.5 Å². The zero-order valence-electron chi connectivity index (χ0n) is 19.8. The van der Waals surface area contributed by atoms with E-state index in [0.29, 0.717) is 30.8 Å². The lowest BCUT2D eigenvalue weighted by Gasteiger charge is -2.17. The molecule has 0 unspecified atom stereocenters. The van der Waals surface area contributed by atoms with Gasteiger partial charge in [0.05, 0.1) is 12.0 Å². The van der Waals surface area contributed by atoms with Crippen molar-refractivity contribution in [3.05, 3.63) is 83.9 Å². The third kappa shape index (κ3) is 6.66. The summed E-state index contributed by atoms with van der Waals surface area (Å²) in [6, 6.07) is 23.0.